The van der Waals surface area contributed by atoms with Gasteiger partial charge in [0.25, 0.3) is 0 Å². The van der Waals surface area contributed by atoms with Gasteiger partial charge in [0, 0.05) is 43.5 Å². The van der Waals surface area contributed by atoms with Crippen molar-refractivity contribution in [2.45, 2.75) is 6.42 Å². The molecule has 124 valence electrons. The summed E-state index contributed by atoms with van der Waals surface area (Å²) in [6, 6.07) is 10.0. The van der Waals surface area contributed by atoms with Gasteiger partial charge < -0.3 is 16.0 Å². The lowest BCUT2D eigenvalue weighted by Gasteiger charge is -2.28. The summed E-state index contributed by atoms with van der Waals surface area (Å²) in [5.74, 6) is 7.16. The van der Waals surface area contributed by atoms with Crippen molar-refractivity contribution in [3.8, 4) is 11.8 Å². The molecule has 0 atom stereocenters. The molecule has 1 saturated heterocycles. The van der Waals surface area contributed by atoms with E-state index in [1.807, 2.05) is 18.2 Å². The number of nitrogens with zero attached hydrogens (tertiary/aromatic N) is 2. The van der Waals surface area contributed by atoms with Crippen molar-refractivity contribution < 1.29 is 0 Å². The summed E-state index contributed by atoms with van der Waals surface area (Å²) >= 11 is 6.40. The van der Waals surface area contributed by atoms with Crippen LogP contribution in [-0.2, 0) is 6.42 Å². The van der Waals surface area contributed by atoms with Crippen LogP contribution in [0.15, 0.2) is 36.5 Å². The second-order valence-electron chi connectivity index (χ2n) is 5.76. The summed E-state index contributed by atoms with van der Waals surface area (Å²) in [6.07, 6.45) is 2.66. The minimum atomic E-state index is 0.643. The van der Waals surface area contributed by atoms with Crippen LogP contribution in [0, 0.1) is 11.8 Å². The standard InChI is InChI=1S/C19H21ClN4/c20-18-13-17(14-23-19(18)24-10-8-22-9-11-24)5-4-15-2-1-3-16(12-15)6-7-21/h1-3,12-14,22H,6-11,21H2. The van der Waals surface area contributed by atoms with Gasteiger partial charge in [-0.05, 0) is 36.7 Å². The van der Waals surface area contributed by atoms with E-state index < -0.39 is 0 Å². The SMILES string of the molecule is NCCc1cccc(C#Cc2cnc(N3CCNCC3)c(Cl)c2)c1. The molecule has 3 rings (SSSR count). The number of hydrogen-bond donors (Lipinski definition) is 2. The molecule has 4 nitrogen and oxygen atoms in total. The highest BCUT2D eigenvalue weighted by Gasteiger charge is 2.14. The van der Waals surface area contributed by atoms with Gasteiger partial charge in [-0.15, -0.1) is 0 Å². The van der Waals surface area contributed by atoms with E-state index in [4.69, 9.17) is 17.3 Å². The summed E-state index contributed by atoms with van der Waals surface area (Å²) in [6.45, 7) is 4.40. The Labute approximate surface area is 148 Å². The van der Waals surface area contributed by atoms with Crippen molar-refractivity contribution in [3.63, 3.8) is 0 Å². The first-order valence-corrected chi connectivity index (χ1v) is 8.56. The molecule has 1 aromatic carbocycles. The van der Waals surface area contributed by atoms with Crippen molar-refractivity contribution in [2.24, 2.45) is 5.73 Å². The summed E-state index contributed by atoms with van der Waals surface area (Å²) in [5.41, 5.74) is 8.60. The maximum Gasteiger partial charge on any atom is 0.147 e. The van der Waals surface area contributed by atoms with Crippen molar-refractivity contribution in [3.05, 3.63) is 58.2 Å². The zero-order valence-electron chi connectivity index (χ0n) is 13.6. The maximum absolute atomic E-state index is 6.40. The fourth-order valence-corrected chi connectivity index (χ4v) is 3.01. The lowest BCUT2D eigenvalue weighted by atomic mass is 10.1. The van der Waals surface area contributed by atoms with Crippen LogP contribution in [0.25, 0.3) is 0 Å². The highest BCUT2D eigenvalue weighted by Crippen LogP contribution is 2.24. The lowest BCUT2D eigenvalue weighted by Crippen LogP contribution is -2.44. The van der Waals surface area contributed by atoms with E-state index in [2.05, 4.69) is 39.2 Å². The van der Waals surface area contributed by atoms with Gasteiger partial charge in [0.15, 0.2) is 0 Å². The van der Waals surface area contributed by atoms with Crippen molar-refractivity contribution in [1.29, 1.82) is 0 Å². The monoisotopic (exact) mass is 340 g/mol. The molecule has 1 aromatic heterocycles. The molecular formula is C19H21ClN4. The van der Waals surface area contributed by atoms with E-state index in [-0.39, 0.29) is 0 Å². The first-order chi connectivity index (χ1) is 11.8. The average Bonchev–Trinajstić information content (AvgIpc) is 2.61. The van der Waals surface area contributed by atoms with Gasteiger partial charge in [0.2, 0.25) is 0 Å². The fourth-order valence-electron chi connectivity index (χ4n) is 2.72. The summed E-state index contributed by atoms with van der Waals surface area (Å²) in [4.78, 5) is 6.71. The molecule has 0 saturated carbocycles. The molecular weight excluding hydrogens is 320 g/mol. The van der Waals surface area contributed by atoms with E-state index in [1.54, 1.807) is 6.20 Å². The zero-order chi connectivity index (χ0) is 16.8. The minimum absolute atomic E-state index is 0.643. The van der Waals surface area contributed by atoms with Crippen molar-refractivity contribution in [1.82, 2.24) is 10.3 Å². The van der Waals surface area contributed by atoms with Crippen LogP contribution in [0.2, 0.25) is 5.02 Å². The number of pyridine rings is 1. The van der Waals surface area contributed by atoms with Gasteiger partial charge in [-0.25, -0.2) is 4.98 Å². The molecule has 0 bridgehead atoms. The minimum Gasteiger partial charge on any atom is -0.353 e. The molecule has 1 aliphatic heterocycles. The molecule has 2 heterocycles. The van der Waals surface area contributed by atoms with Crippen molar-refractivity contribution >= 4 is 17.4 Å². The van der Waals surface area contributed by atoms with Crippen LogP contribution in [0.5, 0.6) is 0 Å². The number of halogens is 1. The molecule has 1 aliphatic rings. The van der Waals surface area contributed by atoms with Crippen LogP contribution >= 0.6 is 11.6 Å². The summed E-state index contributed by atoms with van der Waals surface area (Å²) in [5, 5.41) is 3.98. The number of piperazine rings is 1. The van der Waals surface area contributed by atoms with Crippen LogP contribution in [-0.4, -0.2) is 37.7 Å². The van der Waals surface area contributed by atoms with Crippen LogP contribution in [0.3, 0.4) is 0 Å². The van der Waals surface area contributed by atoms with Crippen LogP contribution in [0.4, 0.5) is 5.82 Å². The fraction of sp³-hybridized carbons (Fsp3) is 0.316. The third kappa shape index (κ3) is 4.27. The Morgan fingerprint density at radius 1 is 1.17 bits per heavy atom. The topological polar surface area (TPSA) is 54.2 Å². The summed E-state index contributed by atoms with van der Waals surface area (Å²) < 4.78 is 0. The Morgan fingerprint density at radius 3 is 2.71 bits per heavy atom. The molecule has 2 aromatic rings. The molecule has 1 fully saturated rings. The van der Waals surface area contributed by atoms with E-state index in [9.17, 15) is 0 Å². The quantitative estimate of drug-likeness (QED) is 0.840. The maximum atomic E-state index is 6.40. The highest BCUT2D eigenvalue weighted by molar-refractivity contribution is 6.33. The van der Waals surface area contributed by atoms with Gasteiger partial charge in [0.1, 0.15) is 5.82 Å². The second kappa shape index (κ2) is 8.16. The van der Waals surface area contributed by atoms with E-state index >= 15 is 0 Å². The predicted molar refractivity (Wildman–Crippen MR) is 99.5 cm³/mol. The third-order valence-corrected chi connectivity index (χ3v) is 4.23. The number of rotatable bonds is 3. The van der Waals surface area contributed by atoms with Gasteiger partial charge in [0.05, 0.1) is 5.02 Å². The third-order valence-electron chi connectivity index (χ3n) is 3.95. The normalized spacial score (nSPS) is 14.2. The highest BCUT2D eigenvalue weighted by atomic mass is 35.5. The molecule has 0 aliphatic carbocycles. The van der Waals surface area contributed by atoms with Crippen LogP contribution < -0.4 is 16.0 Å². The Hall–Kier alpha value is -2.06. The zero-order valence-corrected chi connectivity index (χ0v) is 14.3. The Balaban J connectivity index is 1.76. The first-order valence-electron chi connectivity index (χ1n) is 8.18. The van der Waals surface area contributed by atoms with Gasteiger partial charge in [-0.2, -0.15) is 0 Å². The molecule has 0 amide bonds. The Morgan fingerprint density at radius 2 is 1.96 bits per heavy atom. The lowest BCUT2D eigenvalue weighted by molar-refractivity contribution is 0.585. The molecule has 24 heavy (non-hydrogen) atoms. The number of aromatic nitrogens is 1. The predicted octanol–water partition coefficient (Wildman–Crippen LogP) is 2.05. The Kier molecular flexibility index (Phi) is 5.71. The van der Waals surface area contributed by atoms with Gasteiger partial charge in [-0.1, -0.05) is 35.6 Å². The molecule has 3 N–H and O–H groups in total. The summed E-state index contributed by atoms with van der Waals surface area (Å²) in [7, 11) is 0. The van der Waals surface area contributed by atoms with E-state index in [1.165, 1.54) is 5.56 Å². The van der Waals surface area contributed by atoms with Crippen LogP contribution in [0.1, 0.15) is 16.7 Å². The average molecular weight is 341 g/mol. The number of anilines is 1. The van der Waals surface area contributed by atoms with Gasteiger partial charge >= 0.3 is 0 Å². The molecule has 0 radical (unpaired) electrons. The van der Waals surface area contributed by atoms with Gasteiger partial charge in [-0.3, -0.25) is 0 Å². The van der Waals surface area contributed by atoms with E-state index in [0.717, 1.165) is 49.5 Å². The first kappa shape index (κ1) is 16.8. The molecule has 0 unspecified atom stereocenters. The number of hydrogen-bond acceptors (Lipinski definition) is 4. The number of benzene rings is 1. The second-order valence-corrected chi connectivity index (χ2v) is 6.16. The van der Waals surface area contributed by atoms with E-state index in [0.29, 0.717) is 11.6 Å². The Bertz CT molecular complexity index is 757. The number of nitrogens with two attached hydrogens (primary N) is 1. The largest absolute Gasteiger partial charge is 0.353 e. The molecule has 5 heteroatoms. The van der Waals surface area contributed by atoms with Crippen molar-refractivity contribution in [2.75, 3.05) is 37.6 Å². The molecule has 0 spiro atoms. The smallest absolute Gasteiger partial charge is 0.147 e. The number of nitrogens with one attached hydrogen (secondary N) is 1.